The monoisotopic (exact) mass is 312 g/mol. The molecule has 0 radical (unpaired) electrons. The van der Waals surface area contributed by atoms with Crippen LogP contribution in [0.15, 0.2) is 0 Å². The fourth-order valence-corrected chi connectivity index (χ4v) is 3.57. The van der Waals surface area contributed by atoms with Crippen LogP contribution in [0.2, 0.25) is 0 Å². The van der Waals surface area contributed by atoms with Crippen molar-refractivity contribution in [2.24, 2.45) is 10.8 Å². The Morgan fingerprint density at radius 2 is 1.18 bits per heavy atom. The second-order valence-corrected chi connectivity index (χ2v) is 7.68. The molecule has 2 aliphatic heterocycles. The van der Waals surface area contributed by atoms with Crippen molar-refractivity contribution in [3.63, 3.8) is 0 Å². The quantitative estimate of drug-likeness (QED) is 0.690. The molecule has 3 aliphatic rings. The molecule has 0 aromatic carbocycles. The van der Waals surface area contributed by atoms with Gasteiger partial charge in [-0.25, -0.2) is 0 Å². The molecule has 2 atom stereocenters. The minimum atomic E-state index is 0.271. The first-order chi connectivity index (χ1) is 10.7. The van der Waals surface area contributed by atoms with E-state index in [4.69, 9.17) is 18.9 Å². The second-order valence-electron chi connectivity index (χ2n) is 7.68. The van der Waals surface area contributed by atoms with Gasteiger partial charge in [-0.1, -0.05) is 26.7 Å². The van der Waals surface area contributed by atoms with E-state index < -0.39 is 0 Å². The normalized spacial score (nSPS) is 33.0. The van der Waals surface area contributed by atoms with Gasteiger partial charge in [0, 0.05) is 10.8 Å². The summed E-state index contributed by atoms with van der Waals surface area (Å²) in [6, 6.07) is 0. The lowest BCUT2D eigenvalue weighted by Crippen LogP contribution is -2.50. The van der Waals surface area contributed by atoms with Gasteiger partial charge in [0.15, 0.2) is 0 Å². The molecule has 4 nitrogen and oxygen atoms in total. The van der Waals surface area contributed by atoms with Crippen molar-refractivity contribution in [2.45, 2.75) is 64.6 Å². The Kier molecular flexibility index (Phi) is 5.43. The second kappa shape index (κ2) is 7.16. The molecule has 0 aromatic rings. The largest absolute Gasteiger partial charge is 0.380 e. The zero-order valence-electron chi connectivity index (χ0n) is 14.3. The van der Waals surface area contributed by atoms with E-state index in [0.29, 0.717) is 0 Å². The molecule has 0 amide bonds. The molecule has 0 N–H and O–H groups in total. The maximum atomic E-state index is 6.31. The van der Waals surface area contributed by atoms with Crippen molar-refractivity contribution in [1.29, 1.82) is 0 Å². The molecule has 0 spiro atoms. The minimum absolute atomic E-state index is 0.271. The van der Waals surface area contributed by atoms with E-state index >= 15 is 0 Å². The first-order valence-electron chi connectivity index (χ1n) is 9.10. The third-order valence-corrected chi connectivity index (χ3v) is 5.98. The smallest absolute Gasteiger partial charge is 0.0837 e. The summed E-state index contributed by atoms with van der Waals surface area (Å²) in [5.41, 5.74) is 0.545. The Morgan fingerprint density at radius 1 is 0.773 bits per heavy atom. The van der Waals surface area contributed by atoms with E-state index in [2.05, 4.69) is 13.8 Å². The molecular formula is C18H32O4. The summed E-state index contributed by atoms with van der Waals surface area (Å²) in [5.74, 6) is 0. The Bertz CT molecular complexity index is 304. The number of hydrogen-bond acceptors (Lipinski definition) is 4. The highest BCUT2D eigenvalue weighted by molar-refractivity contribution is 4.88. The van der Waals surface area contributed by atoms with Crippen LogP contribution < -0.4 is 0 Å². The van der Waals surface area contributed by atoms with Gasteiger partial charge in [0.25, 0.3) is 0 Å². The van der Waals surface area contributed by atoms with Gasteiger partial charge in [0.2, 0.25) is 0 Å². The van der Waals surface area contributed by atoms with Crippen molar-refractivity contribution >= 4 is 0 Å². The van der Waals surface area contributed by atoms with Gasteiger partial charge in [-0.15, -0.1) is 0 Å². The summed E-state index contributed by atoms with van der Waals surface area (Å²) in [6.07, 6.45) is 7.63. The summed E-state index contributed by atoms with van der Waals surface area (Å²) >= 11 is 0. The van der Waals surface area contributed by atoms with E-state index in [1.54, 1.807) is 0 Å². The van der Waals surface area contributed by atoms with E-state index in [1.807, 2.05) is 0 Å². The fraction of sp³-hybridized carbons (Fsp3) is 1.00. The van der Waals surface area contributed by atoms with Crippen molar-refractivity contribution in [2.75, 3.05) is 39.6 Å². The molecule has 0 bridgehead atoms. The Labute approximate surface area is 134 Å². The number of rotatable bonds is 8. The highest BCUT2D eigenvalue weighted by atomic mass is 16.6. The van der Waals surface area contributed by atoms with Crippen molar-refractivity contribution in [1.82, 2.24) is 0 Å². The summed E-state index contributed by atoms with van der Waals surface area (Å²) in [7, 11) is 0. The van der Waals surface area contributed by atoms with Crippen LogP contribution >= 0.6 is 0 Å². The average molecular weight is 312 g/mol. The Morgan fingerprint density at radius 3 is 1.45 bits per heavy atom. The van der Waals surface area contributed by atoms with Crippen LogP contribution in [0.1, 0.15) is 52.4 Å². The lowest BCUT2D eigenvalue weighted by molar-refractivity contribution is -0.200. The Balaban J connectivity index is 1.48. The zero-order valence-corrected chi connectivity index (χ0v) is 14.3. The van der Waals surface area contributed by atoms with Gasteiger partial charge < -0.3 is 18.9 Å². The van der Waals surface area contributed by atoms with Crippen LogP contribution in [0, 0.1) is 10.8 Å². The van der Waals surface area contributed by atoms with E-state index in [-0.39, 0.29) is 23.0 Å². The molecule has 128 valence electrons. The topological polar surface area (TPSA) is 36.9 Å². The number of ether oxygens (including phenoxy) is 4. The summed E-state index contributed by atoms with van der Waals surface area (Å²) in [5, 5.41) is 0. The predicted octanol–water partition coefficient (Wildman–Crippen LogP) is 3.18. The highest BCUT2D eigenvalue weighted by Gasteiger charge is 2.41. The lowest BCUT2D eigenvalue weighted by Gasteiger charge is -2.44. The van der Waals surface area contributed by atoms with E-state index in [1.165, 1.54) is 12.8 Å². The van der Waals surface area contributed by atoms with Gasteiger partial charge >= 0.3 is 0 Å². The molecular weight excluding hydrogens is 280 g/mol. The van der Waals surface area contributed by atoms with Crippen LogP contribution in [-0.4, -0.2) is 51.8 Å². The molecule has 3 rings (SSSR count). The first kappa shape index (κ1) is 16.7. The minimum Gasteiger partial charge on any atom is -0.380 e. The summed E-state index contributed by atoms with van der Waals surface area (Å²) < 4.78 is 23.4. The highest BCUT2D eigenvalue weighted by Crippen LogP contribution is 2.35. The Hall–Kier alpha value is -0.160. The van der Waals surface area contributed by atoms with Crippen LogP contribution in [-0.2, 0) is 18.9 Å². The molecule has 22 heavy (non-hydrogen) atoms. The van der Waals surface area contributed by atoms with Gasteiger partial charge in [0.05, 0.1) is 51.8 Å². The van der Waals surface area contributed by atoms with Gasteiger partial charge in [0.1, 0.15) is 0 Å². The van der Waals surface area contributed by atoms with E-state index in [0.717, 1.165) is 65.3 Å². The van der Waals surface area contributed by atoms with Crippen LogP contribution in [0.3, 0.4) is 0 Å². The maximum absolute atomic E-state index is 6.31. The van der Waals surface area contributed by atoms with Crippen molar-refractivity contribution < 1.29 is 18.9 Å². The third kappa shape index (κ3) is 3.50. The average Bonchev–Trinajstić information content (AvgIpc) is 2.47. The van der Waals surface area contributed by atoms with Crippen LogP contribution in [0.4, 0.5) is 0 Å². The van der Waals surface area contributed by atoms with Gasteiger partial charge in [-0.3, -0.25) is 0 Å². The standard InChI is InChI=1S/C18H32O4/c1-3-17(9-19-10-17)13-21-15-7-5-6-8-16(15)22-14-18(4-2)11-20-12-18/h15-16H,3-14H2,1-2H3. The summed E-state index contributed by atoms with van der Waals surface area (Å²) in [4.78, 5) is 0. The molecule has 4 heteroatoms. The van der Waals surface area contributed by atoms with Crippen LogP contribution in [0.25, 0.3) is 0 Å². The molecule has 1 saturated carbocycles. The number of hydrogen-bond donors (Lipinski definition) is 0. The SMILES string of the molecule is CCC1(COC2CCCCC2OCC2(CC)COC2)COC1. The van der Waals surface area contributed by atoms with Crippen molar-refractivity contribution in [3.8, 4) is 0 Å². The lowest BCUT2D eigenvalue weighted by atomic mass is 9.83. The first-order valence-corrected chi connectivity index (χ1v) is 9.10. The molecule has 2 unspecified atom stereocenters. The zero-order chi connectivity index (χ0) is 15.5. The molecule has 2 saturated heterocycles. The maximum Gasteiger partial charge on any atom is 0.0837 e. The molecule has 1 aliphatic carbocycles. The molecule has 2 heterocycles. The van der Waals surface area contributed by atoms with Gasteiger partial charge in [-0.05, 0) is 25.7 Å². The third-order valence-electron chi connectivity index (χ3n) is 5.98. The fourth-order valence-electron chi connectivity index (χ4n) is 3.57. The van der Waals surface area contributed by atoms with Gasteiger partial charge in [-0.2, -0.15) is 0 Å². The predicted molar refractivity (Wildman–Crippen MR) is 85.0 cm³/mol. The van der Waals surface area contributed by atoms with Crippen molar-refractivity contribution in [3.05, 3.63) is 0 Å². The molecule has 3 fully saturated rings. The summed E-state index contributed by atoms with van der Waals surface area (Å²) in [6.45, 7) is 9.57. The van der Waals surface area contributed by atoms with Crippen LogP contribution in [0.5, 0.6) is 0 Å². The molecule has 0 aromatic heterocycles. The van der Waals surface area contributed by atoms with E-state index in [9.17, 15) is 0 Å².